The summed E-state index contributed by atoms with van der Waals surface area (Å²) in [4.78, 5) is 15.2. The van der Waals surface area contributed by atoms with Gasteiger partial charge in [0, 0.05) is 25.4 Å². The predicted molar refractivity (Wildman–Crippen MR) is 142 cm³/mol. The average Bonchev–Trinajstić information content (AvgIpc) is 3.23. The number of benzene rings is 2. The zero-order chi connectivity index (χ0) is 24.5. The van der Waals surface area contributed by atoms with Gasteiger partial charge in [-0.25, -0.2) is 0 Å². The van der Waals surface area contributed by atoms with Gasteiger partial charge in [-0.05, 0) is 24.0 Å². The molecular weight excluding hydrogens is 466 g/mol. The summed E-state index contributed by atoms with van der Waals surface area (Å²) in [5, 5.41) is 11.1. The van der Waals surface area contributed by atoms with Gasteiger partial charge in [-0.3, -0.25) is 9.69 Å². The molecule has 5 nitrogen and oxygen atoms in total. The van der Waals surface area contributed by atoms with Gasteiger partial charge in [0.1, 0.15) is 4.32 Å². The molecule has 184 valence electrons. The number of carbonyl (C=O) groups is 1. The van der Waals surface area contributed by atoms with Crippen LogP contribution >= 0.6 is 24.0 Å². The van der Waals surface area contributed by atoms with Gasteiger partial charge in [0.15, 0.2) is 0 Å². The fourth-order valence-corrected chi connectivity index (χ4v) is 5.79. The molecule has 5 atom stereocenters. The summed E-state index contributed by atoms with van der Waals surface area (Å²) in [7, 11) is 1.64. The third-order valence-corrected chi connectivity index (χ3v) is 8.05. The summed E-state index contributed by atoms with van der Waals surface area (Å²) in [6.45, 7) is 4.76. The molecule has 1 heterocycles. The third kappa shape index (κ3) is 7.12. The van der Waals surface area contributed by atoms with Crippen LogP contribution < -0.4 is 0 Å². The van der Waals surface area contributed by atoms with Gasteiger partial charge in [0.25, 0.3) is 0 Å². The molecule has 1 N–H and O–H groups in total. The van der Waals surface area contributed by atoms with Crippen molar-refractivity contribution in [3.63, 3.8) is 0 Å². The topological polar surface area (TPSA) is 59.0 Å². The second kappa shape index (κ2) is 13.4. The lowest BCUT2D eigenvalue weighted by atomic mass is 9.87. The molecule has 1 fully saturated rings. The Kier molecular flexibility index (Phi) is 10.5. The van der Waals surface area contributed by atoms with Gasteiger partial charge in [-0.2, -0.15) is 0 Å². The molecule has 1 aliphatic rings. The quantitative estimate of drug-likeness (QED) is 0.336. The number of rotatable bonds is 12. The first-order valence-electron chi connectivity index (χ1n) is 11.8. The van der Waals surface area contributed by atoms with Crippen molar-refractivity contribution in [2.75, 3.05) is 19.5 Å². The predicted octanol–water partition coefficient (Wildman–Crippen LogP) is 4.71. The number of nitrogens with zero attached hydrogens (tertiary/aromatic N) is 1. The van der Waals surface area contributed by atoms with Gasteiger partial charge < -0.3 is 14.6 Å². The summed E-state index contributed by atoms with van der Waals surface area (Å²) < 4.78 is 12.1. The van der Waals surface area contributed by atoms with Crippen molar-refractivity contribution in [1.82, 2.24) is 4.90 Å². The van der Waals surface area contributed by atoms with Crippen molar-refractivity contribution in [3.05, 3.63) is 71.8 Å². The minimum atomic E-state index is -0.850. The average molecular weight is 502 g/mol. The number of hydrogen-bond acceptors (Lipinski definition) is 6. The largest absolute Gasteiger partial charge is 0.392 e. The maximum absolute atomic E-state index is 13.4. The van der Waals surface area contributed by atoms with Crippen molar-refractivity contribution in [2.24, 2.45) is 11.8 Å². The van der Waals surface area contributed by atoms with E-state index in [0.717, 1.165) is 17.7 Å². The molecule has 0 bridgehead atoms. The van der Waals surface area contributed by atoms with E-state index in [1.54, 1.807) is 18.9 Å². The highest BCUT2D eigenvalue weighted by atomic mass is 32.2. The van der Waals surface area contributed by atoms with E-state index in [0.29, 0.717) is 24.0 Å². The van der Waals surface area contributed by atoms with E-state index in [1.165, 1.54) is 17.3 Å². The first-order valence-corrected chi connectivity index (χ1v) is 13.2. The number of thioether (sulfide) groups is 1. The standard InChI is InChI=1S/C27H35NO4S2/c1-19(24(31-3)14-15-32-17-22-12-8-5-9-13-22)25(29)20(2)26(30)28-23(18-34-27(28)33)16-21-10-6-4-7-11-21/h4-13,19-20,23-25,29H,14-18H2,1-3H3/t19-,20+,23-,24-,25-/m0/s1. The highest BCUT2D eigenvalue weighted by molar-refractivity contribution is 8.23. The summed E-state index contributed by atoms with van der Waals surface area (Å²) >= 11 is 7.05. The number of hydrogen-bond donors (Lipinski definition) is 1. The number of carbonyl (C=O) groups excluding carboxylic acids is 1. The normalized spacial score (nSPS) is 19.6. The van der Waals surface area contributed by atoms with Crippen molar-refractivity contribution in [1.29, 1.82) is 0 Å². The van der Waals surface area contributed by atoms with Crippen LogP contribution in [0.25, 0.3) is 0 Å². The molecule has 2 aromatic rings. The van der Waals surface area contributed by atoms with Crippen LogP contribution in [0, 0.1) is 11.8 Å². The summed E-state index contributed by atoms with van der Waals surface area (Å²) in [5.74, 6) is -0.170. The van der Waals surface area contributed by atoms with E-state index in [9.17, 15) is 9.90 Å². The Hall–Kier alpha value is -1.77. The first kappa shape index (κ1) is 26.8. The molecule has 0 unspecified atom stereocenters. The SMILES string of the molecule is CO[C@@H](CCOCc1ccccc1)[C@H](C)[C@H](O)[C@@H](C)C(=O)N1C(=S)SC[C@@H]1Cc1ccccc1. The Morgan fingerprint density at radius 3 is 2.35 bits per heavy atom. The van der Waals surface area contributed by atoms with Crippen molar-refractivity contribution in [3.8, 4) is 0 Å². The van der Waals surface area contributed by atoms with Crippen LogP contribution in [0.15, 0.2) is 60.7 Å². The highest BCUT2D eigenvalue weighted by Crippen LogP contribution is 2.31. The van der Waals surface area contributed by atoms with Crippen LogP contribution in [-0.4, -0.2) is 58.0 Å². The lowest BCUT2D eigenvalue weighted by Gasteiger charge is -2.33. The Morgan fingerprint density at radius 1 is 1.12 bits per heavy atom. The highest BCUT2D eigenvalue weighted by Gasteiger charge is 2.40. The first-order chi connectivity index (χ1) is 16.4. The van der Waals surface area contributed by atoms with Gasteiger partial charge in [-0.15, -0.1) is 0 Å². The molecule has 7 heteroatoms. The van der Waals surface area contributed by atoms with Crippen molar-refractivity contribution >= 4 is 34.2 Å². The van der Waals surface area contributed by atoms with Crippen molar-refractivity contribution < 1.29 is 19.4 Å². The molecular formula is C27H35NO4S2. The number of aliphatic hydroxyl groups excluding tert-OH is 1. The van der Waals surface area contributed by atoms with Crippen LogP contribution in [0.4, 0.5) is 0 Å². The number of aliphatic hydroxyl groups is 1. The number of ether oxygens (including phenoxy) is 2. The van der Waals surface area contributed by atoms with E-state index in [2.05, 4.69) is 12.1 Å². The van der Waals surface area contributed by atoms with E-state index < -0.39 is 12.0 Å². The van der Waals surface area contributed by atoms with E-state index in [4.69, 9.17) is 21.7 Å². The Balaban J connectivity index is 1.55. The molecule has 1 amide bonds. The maximum Gasteiger partial charge on any atom is 0.233 e. The van der Waals surface area contributed by atoms with Crippen LogP contribution in [-0.2, 0) is 27.3 Å². The zero-order valence-electron chi connectivity index (χ0n) is 20.1. The van der Waals surface area contributed by atoms with Crippen LogP contribution in [0.1, 0.15) is 31.4 Å². The molecule has 1 saturated heterocycles. The Morgan fingerprint density at radius 2 is 1.74 bits per heavy atom. The van der Waals surface area contributed by atoms with Gasteiger partial charge in [0.2, 0.25) is 5.91 Å². The second-order valence-electron chi connectivity index (χ2n) is 8.87. The molecule has 0 spiro atoms. The summed E-state index contributed by atoms with van der Waals surface area (Å²) in [5.41, 5.74) is 2.29. The lowest BCUT2D eigenvalue weighted by molar-refractivity contribution is -0.138. The van der Waals surface area contributed by atoms with E-state index in [-0.39, 0.29) is 24.0 Å². The summed E-state index contributed by atoms with van der Waals surface area (Å²) in [6.07, 6.45) is 0.313. The Labute approximate surface area is 212 Å². The molecule has 2 aromatic carbocycles. The van der Waals surface area contributed by atoms with Crippen LogP contribution in [0.5, 0.6) is 0 Å². The fraction of sp³-hybridized carbons (Fsp3) is 0.481. The molecule has 34 heavy (non-hydrogen) atoms. The Bertz CT molecular complexity index is 911. The van der Waals surface area contributed by atoms with E-state index in [1.807, 2.05) is 55.5 Å². The third-order valence-electron chi connectivity index (χ3n) is 6.50. The number of thiocarbonyl (C=S) groups is 1. The lowest BCUT2D eigenvalue weighted by Crippen LogP contribution is -2.48. The molecule has 1 aliphatic heterocycles. The van der Waals surface area contributed by atoms with E-state index >= 15 is 0 Å². The maximum atomic E-state index is 13.4. The number of amides is 1. The second-order valence-corrected chi connectivity index (χ2v) is 10.5. The van der Waals surface area contributed by atoms with Gasteiger partial charge in [-0.1, -0.05) is 98.5 Å². The fourth-order valence-electron chi connectivity index (χ4n) is 4.37. The molecule has 0 radical (unpaired) electrons. The van der Waals surface area contributed by atoms with Crippen LogP contribution in [0.3, 0.4) is 0 Å². The monoisotopic (exact) mass is 501 g/mol. The molecule has 3 rings (SSSR count). The van der Waals surface area contributed by atoms with Gasteiger partial charge >= 0.3 is 0 Å². The van der Waals surface area contributed by atoms with Gasteiger partial charge in [0.05, 0.1) is 30.8 Å². The van der Waals surface area contributed by atoms with Crippen LogP contribution in [0.2, 0.25) is 0 Å². The zero-order valence-corrected chi connectivity index (χ0v) is 21.8. The number of methoxy groups -OCH3 is 1. The minimum absolute atomic E-state index is 0.00182. The van der Waals surface area contributed by atoms with Crippen molar-refractivity contribution in [2.45, 2.75) is 51.5 Å². The minimum Gasteiger partial charge on any atom is -0.392 e. The molecule has 0 saturated carbocycles. The smallest absolute Gasteiger partial charge is 0.233 e. The summed E-state index contributed by atoms with van der Waals surface area (Å²) in [6, 6.07) is 20.1. The molecule has 0 aliphatic carbocycles. The molecule has 0 aromatic heterocycles.